The molecule has 0 saturated carbocycles. The molecule has 0 fully saturated rings. The Balaban J connectivity index is 2.46. The number of rotatable bonds is 5. The second kappa shape index (κ2) is 5.99. The minimum Gasteiger partial charge on any atom is -0.480 e. The van der Waals surface area contributed by atoms with Gasteiger partial charge >= 0.3 is 5.97 Å². The second-order valence-corrected chi connectivity index (χ2v) is 6.73. The van der Waals surface area contributed by atoms with Crippen LogP contribution >= 0.6 is 0 Å². The van der Waals surface area contributed by atoms with Crippen molar-refractivity contribution in [2.45, 2.75) is 18.7 Å². The van der Waals surface area contributed by atoms with Crippen molar-refractivity contribution >= 4 is 27.8 Å². The quantitative estimate of drug-likeness (QED) is 0.830. The number of hydrogen-bond donors (Lipinski definition) is 1. The van der Waals surface area contributed by atoms with Crippen molar-refractivity contribution in [3.8, 4) is 0 Å². The maximum atomic E-state index is 12.3. The van der Waals surface area contributed by atoms with Crippen molar-refractivity contribution in [3.05, 3.63) is 29.3 Å². The fourth-order valence-electron chi connectivity index (χ4n) is 2.39. The van der Waals surface area contributed by atoms with Gasteiger partial charge in [-0.05, 0) is 32.0 Å². The van der Waals surface area contributed by atoms with Gasteiger partial charge in [0, 0.05) is 18.7 Å². The minimum atomic E-state index is -3.96. The Bertz CT molecular complexity index is 786. The fraction of sp³-hybridized carbons (Fsp3) is 0.357. The number of carbonyl (C=O) groups is 3. The maximum Gasteiger partial charge on any atom is 0.323 e. The van der Waals surface area contributed by atoms with Crippen LogP contribution in [-0.2, 0) is 14.8 Å². The van der Waals surface area contributed by atoms with Crippen LogP contribution in [0.1, 0.15) is 34.6 Å². The summed E-state index contributed by atoms with van der Waals surface area (Å²) < 4.78 is 25.3. The predicted octanol–water partition coefficient (Wildman–Crippen LogP) is 0.398. The van der Waals surface area contributed by atoms with Gasteiger partial charge < -0.3 is 10.0 Å². The van der Waals surface area contributed by atoms with E-state index in [0.717, 1.165) is 15.3 Å². The molecule has 8 nitrogen and oxygen atoms in total. The molecule has 2 rings (SSSR count). The van der Waals surface area contributed by atoms with Gasteiger partial charge in [-0.25, -0.2) is 12.7 Å². The lowest BCUT2D eigenvalue weighted by Gasteiger charge is -2.18. The number of benzene rings is 1. The lowest BCUT2D eigenvalue weighted by atomic mass is 10.1. The van der Waals surface area contributed by atoms with Crippen molar-refractivity contribution < 1.29 is 27.9 Å². The van der Waals surface area contributed by atoms with Gasteiger partial charge in [0.25, 0.3) is 21.8 Å². The molecule has 0 aliphatic carbocycles. The molecule has 9 heteroatoms. The van der Waals surface area contributed by atoms with Gasteiger partial charge in [-0.1, -0.05) is 0 Å². The number of hydrogen-bond acceptors (Lipinski definition) is 5. The number of aliphatic carboxylic acids is 1. The average molecular weight is 340 g/mol. The minimum absolute atomic E-state index is 0.000768. The summed E-state index contributed by atoms with van der Waals surface area (Å²) in [5, 5.41) is 8.81. The van der Waals surface area contributed by atoms with Crippen molar-refractivity contribution in [1.29, 1.82) is 0 Å². The monoisotopic (exact) mass is 340 g/mol. The number of carbonyl (C=O) groups excluding carboxylic acids is 2. The molecule has 0 aromatic heterocycles. The van der Waals surface area contributed by atoms with E-state index in [4.69, 9.17) is 5.11 Å². The molecule has 0 bridgehead atoms. The molecule has 1 aromatic carbocycles. The van der Waals surface area contributed by atoms with E-state index in [1.54, 1.807) is 13.8 Å². The van der Waals surface area contributed by atoms with Crippen LogP contribution in [0.25, 0.3) is 0 Å². The first-order chi connectivity index (χ1) is 10.7. The highest BCUT2D eigenvalue weighted by atomic mass is 32.2. The third-order valence-corrected chi connectivity index (χ3v) is 5.43. The summed E-state index contributed by atoms with van der Waals surface area (Å²) in [6, 6.07) is 3.75. The predicted molar refractivity (Wildman–Crippen MR) is 79.6 cm³/mol. The number of carboxylic acid groups (broad SMARTS) is 1. The van der Waals surface area contributed by atoms with E-state index in [0.29, 0.717) is 0 Å². The van der Waals surface area contributed by atoms with E-state index in [9.17, 15) is 22.8 Å². The van der Waals surface area contributed by atoms with Crippen LogP contribution in [0.2, 0.25) is 0 Å². The van der Waals surface area contributed by atoms with Crippen LogP contribution in [0.3, 0.4) is 0 Å². The third-order valence-electron chi connectivity index (χ3n) is 3.54. The molecular weight excluding hydrogens is 324 g/mol. The van der Waals surface area contributed by atoms with E-state index in [1.165, 1.54) is 12.1 Å². The Kier molecular flexibility index (Phi) is 4.42. The molecule has 0 spiro atoms. The Labute approximate surface area is 133 Å². The highest BCUT2D eigenvalue weighted by molar-refractivity contribution is 7.90. The molecule has 1 aliphatic heterocycles. The summed E-state index contributed by atoms with van der Waals surface area (Å²) in [4.78, 5) is 36.0. The Morgan fingerprint density at radius 2 is 1.91 bits per heavy atom. The van der Waals surface area contributed by atoms with Gasteiger partial charge in [0.1, 0.15) is 11.4 Å². The molecule has 2 amide bonds. The number of fused-ring (bicyclic) bond motifs is 1. The number of amides is 2. The first kappa shape index (κ1) is 16.9. The van der Waals surface area contributed by atoms with Crippen LogP contribution in [0, 0.1) is 0 Å². The zero-order valence-electron chi connectivity index (χ0n) is 12.6. The van der Waals surface area contributed by atoms with E-state index in [-0.39, 0.29) is 29.1 Å². The zero-order valence-corrected chi connectivity index (χ0v) is 13.5. The number of likely N-dealkylation sites (N-methyl/N-ethyl adjacent to an activating group) is 1. The molecule has 1 N–H and O–H groups in total. The van der Waals surface area contributed by atoms with Crippen molar-refractivity contribution in [2.24, 2.45) is 0 Å². The highest BCUT2D eigenvalue weighted by Crippen LogP contribution is 2.31. The maximum absolute atomic E-state index is 12.3. The number of sulfonamides is 1. The Hall–Kier alpha value is -2.42. The number of carboxylic acids is 1. The van der Waals surface area contributed by atoms with Crippen molar-refractivity contribution in [3.63, 3.8) is 0 Å². The summed E-state index contributed by atoms with van der Waals surface area (Å²) in [5.41, 5.74) is 0.0471. The average Bonchev–Trinajstić information content (AvgIpc) is 2.70. The van der Waals surface area contributed by atoms with E-state index < -0.39 is 34.4 Å². The molecule has 23 heavy (non-hydrogen) atoms. The Morgan fingerprint density at radius 3 is 2.43 bits per heavy atom. The van der Waals surface area contributed by atoms with Crippen LogP contribution < -0.4 is 0 Å². The van der Waals surface area contributed by atoms with Gasteiger partial charge in [0.15, 0.2) is 0 Å². The highest BCUT2D eigenvalue weighted by Gasteiger charge is 2.40. The molecular formula is C14H16N2O6S. The lowest BCUT2D eigenvalue weighted by molar-refractivity contribution is -0.137. The zero-order chi connectivity index (χ0) is 17.4. The molecule has 0 unspecified atom stereocenters. The standard InChI is InChI=1S/C14H16N2O6S/c1-3-15(8-12(17)18)13(19)9-5-6-10-11(7-9)23(21,22)16(4-2)14(10)20/h5-7H,3-4,8H2,1-2H3,(H,17,18). The van der Waals surface area contributed by atoms with Crippen molar-refractivity contribution in [1.82, 2.24) is 9.21 Å². The SMILES string of the molecule is CCN(CC(=O)O)C(=O)c1ccc2c(c1)S(=O)(=O)N(CC)C2=O. The first-order valence-corrected chi connectivity index (χ1v) is 8.40. The fourth-order valence-corrected chi connectivity index (χ4v) is 4.00. The summed E-state index contributed by atoms with van der Waals surface area (Å²) >= 11 is 0. The lowest BCUT2D eigenvalue weighted by Crippen LogP contribution is -2.35. The van der Waals surface area contributed by atoms with Gasteiger partial charge in [0.2, 0.25) is 0 Å². The van der Waals surface area contributed by atoms with Gasteiger partial charge in [-0.2, -0.15) is 0 Å². The summed E-state index contributed by atoms with van der Waals surface area (Å²) in [6.07, 6.45) is 0. The molecule has 1 heterocycles. The van der Waals surface area contributed by atoms with Crippen LogP contribution in [0.15, 0.2) is 23.1 Å². The third kappa shape index (κ3) is 2.79. The summed E-state index contributed by atoms with van der Waals surface area (Å²) in [5.74, 6) is -2.39. The second-order valence-electron chi connectivity index (χ2n) is 4.90. The van der Waals surface area contributed by atoms with E-state index in [2.05, 4.69) is 0 Å². The van der Waals surface area contributed by atoms with Gasteiger partial charge in [-0.15, -0.1) is 0 Å². The van der Waals surface area contributed by atoms with Gasteiger partial charge in [0.05, 0.1) is 5.56 Å². The van der Waals surface area contributed by atoms with Crippen molar-refractivity contribution in [2.75, 3.05) is 19.6 Å². The normalized spacial score (nSPS) is 15.4. The molecule has 0 saturated heterocycles. The molecule has 0 atom stereocenters. The van der Waals surface area contributed by atoms with E-state index in [1.807, 2.05) is 0 Å². The molecule has 0 radical (unpaired) electrons. The summed E-state index contributed by atoms with van der Waals surface area (Å²) in [6.45, 7) is 2.83. The van der Waals surface area contributed by atoms with E-state index >= 15 is 0 Å². The molecule has 1 aromatic rings. The molecule has 124 valence electrons. The van der Waals surface area contributed by atoms with Crippen LogP contribution in [0.4, 0.5) is 0 Å². The topological polar surface area (TPSA) is 112 Å². The summed E-state index contributed by atoms with van der Waals surface area (Å²) in [7, 11) is -3.96. The Morgan fingerprint density at radius 1 is 1.26 bits per heavy atom. The number of nitrogens with zero attached hydrogens (tertiary/aromatic N) is 2. The largest absolute Gasteiger partial charge is 0.480 e. The molecule has 1 aliphatic rings. The smallest absolute Gasteiger partial charge is 0.323 e. The van der Waals surface area contributed by atoms with Gasteiger partial charge in [-0.3, -0.25) is 14.4 Å². The van der Waals surface area contributed by atoms with Crippen LogP contribution in [-0.4, -0.2) is 60.1 Å². The first-order valence-electron chi connectivity index (χ1n) is 6.96. The van der Waals surface area contributed by atoms with Crippen LogP contribution in [0.5, 0.6) is 0 Å².